The molecule has 0 aliphatic heterocycles. The van der Waals surface area contributed by atoms with Crippen molar-refractivity contribution >= 4 is 23.5 Å². The van der Waals surface area contributed by atoms with E-state index in [1.165, 1.54) is 14.1 Å². The minimum Gasteiger partial charge on any atom is -0.456 e. The lowest BCUT2D eigenvalue weighted by atomic mass is 10.2. The van der Waals surface area contributed by atoms with Gasteiger partial charge in [-0.05, 0) is 12.1 Å². The van der Waals surface area contributed by atoms with Gasteiger partial charge in [0.2, 0.25) is 5.78 Å². The quantitative estimate of drug-likeness (QED) is 0.479. The molecule has 1 amide bonds. The highest BCUT2D eigenvalue weighted by molar-refractivity contribution is 6.01. The number of hydrogen-bond acceptors (Lipinski definition) is 7. The number of benzene rings is 1. The van der Waals surface area contributed by atoms with Crippen molar-refractivity contribution in [1.82, 2.24) is 14.5 Å². The Morgan fingerprint density at radius 1 is 1.07 bits per heavy atom. The van der Waals surface area contributed by atoms with Crippen molar-refractivity contribution in [3.05, 3.63) is 62.3 Å². The molecule has 0 atom stereocenters. The maximum atomic E-state index is 12.2. The molecular weight excluding hydrogens is 356 g/mol. The van der Waals surface area contributed by atoms with Gasteiger partial charge in [0.15, 0.2) is 6.61 Å². The first-order valence-corrected chi connectivity index (χ1v) is 7.81. The van der Waals surface area contributed by atoms with Crippen molar-refractivity contribution in [2.45, 2.75) is 0 Å². The molecule has 10 nitrogen and oxygen atoms in total. The fourth-order valence-corrected chi connectivity index (χ4v) is 2.24. The Bertz CT molecular complexity index is 1010. The third-order valence-electron chi connectivity index (χ3n) is 3.78. The maximum absolute atomic E-state index is 12.2. The fraction of sp³-hybridized carbons (Fsp3) is 0.235. The SMILES string of the molecule is Cn1c(N)c(C(=O)COC(=O)CNC(=O)c2ccccc2)c(=O)n(C)c1=O. The number of nitrogens with two attached hydrogens (primary N) is 1. The van der Waals surface area contributed by atoms with Gasteiger partial charge in [0.25, 0.3) is 11.5 Å². The molecule has 0 bridgehead atoms. The van der Waals surface area contributed by atoms with Gasteiger partial charge >= 0.3 is 11.7 Å². The second-order valence-corrected chi connectivity index (χ2v) is 5.60. The summed E-state index contributed by atoms with van der Waals surface area (Å²) < 4.78 is 6.44. The Balaban J connectivity index is 1.98. The van der Waals surface area contributed by atoms with E-state index in [1.807, 2.05) is 0 Å². The van der Waals surface area contributed by atoms with Gasteiger partial charge in [-0.1, -0.05) is 18.2 Å². The topological polar surface area (TPSA) is 142 Å². The molecule has 27 heavy (non-hydrogen) atoms. The summed E-state index contributed by atoms with van der Waals surface area (Å²) >= 11 is 0. The molecule has 2 aromatic rings. The molecule has 0 aliphatic carbocycles. The van der Waals surface area contributed by atoms with Crippen LogP contribution in [0.1, 0.15) is 20.7 Å². The number of carbonyl (C=O) groups excluding carboxylic acids is 3. The van der Waals surface area contributed by atoms with Crippen LogP contribution in [0.4, 0.5) is 5.82 Å². The molecule has 0 unspecified atom stereocenters. The minimum absolute atomic E-state index is 0.318. The van der Waals surface area contributed by atoms with Crippen molar-refractivity contribution in [2.75, 3.05) is 18.9 Å². The molecule has 0 aliphatic rings. The zero-order valence-electron chi connectivity index (χ0n) is 14.7. The summed E-state index contributed by atoms with van der Waals surface area (Å²) in [5.74, 6) is -2.52. The molecule has 1 aromatic carbocycles. The number of ether oxygens (including phenoxy) is 1. The zero-order valence-corrected chi connectivity index (χ0v) is 14.7. The van der Waals surface area contributed by atoms with Crippen LogP contribution in [0.2, 0.25) is 0 Å². The van der Waals surface area contributed by atoms with E-state index in [1.54, 1.807) is 30.3 Å². The molecule has 142 valence electrons. The number of hydrogen-bond donors (Lipinski definition) is 2. The zero-order chi connectivity index (χ0) is 20.1. The first-order valence-electron chi connectivity index (χ1n) is 7.81. The van der Waals surface area contributed by atoms with Crippen molar-refractivity contribution in [3.8, 4) is 0 Å². The monoisotopic (exact) mass is 374 g/mol. The van der Waals surface area contributed by atoms with Gasteiger partial charge in [0.05, 0.1) is 0 Å². The maximum Gasteiger partial charge on any atom is 0.332 e. The number of nitrogens with one attached hydrogen (secondary N) is 1. The van der Waals surface area contributed by atoms with E-state index in [2.05, 4.69) is 5.32 Å². The van der Waals surface area contributed by atoms with Crippen molar-refractivity contribution in [2.24, 2.45) is 14.1 Å². The molecule has 2 rings (SSSR count). The van der Waals surface area contributed by atoms with E-state index in [-0.39, 0.29) is 5.82 Å². The molecule has 3 N–H and O–H groups in total. The molecule has 0 saturated heterocycles. The summed E-state index contributed by atoms with van der Waals surface area (Å²) in [7, 11) is 2.50. The van der Waals surface area contributed by atoms with Gasteiger partial charge in [0, 0.05) is 19.7 Å². The van der Waals surface area contributed by atoms with Gasteiger partial charge in [-0.2, -0.15) is 0 Å². The number of nitrogen functional groups attached to an aromatic ring is 1. The highest BCUT2D eigenvalue weighted by atomic mass is 16.5. The third kappa shape index (κ3) is 4.29. The number of amides is 1. The Hall–Kier alpha value is -3.69. The predicted molar refractivity (Wildman–Crippen MR) is 95.4 cm³/mol. The van der Waals surface area contributed by atoms with E-state index in [4.69, 9.17) is 10.5 Å². The van der Waals surface area contributed by atoms with Crippen LogP contribution in [-0.2, 0) is 23.6 Å². The number of aromatic nitrogens is 2. The average molecular weight is 374 g/mol. The number of nitrogens with zero attached hydrogens (tertiary/aromatic N) is 2. The van der Waals surface area contributed by atoms with Crippen LogP contribution in [0.25, 0.3) is 0 Å². The first-order chi connectivity index (χ1) is 12.7. The molecule has 0 spiro atoms. The number of rotatable bonds is 6. The number of anilines is 1. The Morgan fingerprint density at radius 3 is 2.33 bits per heavy atom. The summed E-state index contributed by atoms with van der Waals surface area (Å²) in [4.78, 5) is 59.5. The lowest BCUT2D eigenvalue weighted by molar-refractivity contribution is -0.141. The van der Waals surface area contributed by atoms with Crippen molar-refractivity contribution in [1.29, 1.82) is 0 Å². The van der Waals surface area contributed by atoms with Crippen LogP contribution >= 0.6 is 0 Å². The Kier molecular flexibility index (Phi) is 5.91. The molecular formula is C17H18N4O6. The minimum atomic E-state index is -0.881. The van der Waals surface area contributed by atoms with Crippen LogP contribution in [0.5, 0.6) is 0 Å². The molecule has 10 heteroatoms. The second kappa shape index (κ2) is 8.13. The van der Waals surface area contributed by atoms with E-state index < -0.39 is 47.6 Å². The predicted octanol–water partition coefficient (Wildman–Crippen LogP) is -1.18. The Morgan fingerprint density at radius 2 is 1.70 bits per heavy atom. The van der Waals surface area contributed by atoms with Crippen LogP contribution in [0.3, 0.4) is 0 Å². The summed E-state index contributed by atoms with van der Waals surface area (Å²) in [5, 5.41) is 2.35. The Labute approximate surface area is 153 Å². The van der Waals surface area contributed by atoms with Crippen molar-refractivity contribution < 1.29 is 19.1 Å². The molecule has 1 heterocycles. The summed E-state index contributed by atoms with van der Waals surface area (Å²) in [5.41, 5.74) is 4.01. The second-order valence-electron chi connectivity index (χ2n) is 5.60. The first kappa shape index (κ1) is 19.6. The summed E-state index contributed by atoms with van der Waals surface area (Å²) in [6.45, 7) is -1.21. The lowest BCUT2D eigenvalue weighted by Crippen LogP contribution is -2.42. The van der Waals surface area contributed by atoms with Crippen molar-refractivity contribution in [3.63, 3.8) is 0 Å². The molecule has 1 aromatic heterocycles. The van der Waals surface area contributed by atoms with Gasteiger partial charge < -0.3 is 15.8 Å². The van der Waals surface area contributed by atoms with Crippen LogP contribution in [0, 0.1) is 0 Å². The standard InChI is InChI=1S/C17H18N4O6/c1-20-14(18)13(16(25)21(2)17(20)26)11(22)9-27-12(23)8-19-15(24)10-6-4-3-5-7-10/h3-7H,8-9,18H2,1-2H3,(H,19,24). The molecule has 0 fully saturated rings. The lowest BCUT2D eigenvalue weighted by Gasteiger charge is -2.11. The van der Waals surface area contributed by atoms with E-state index >= 15 is 0 Å². The fourth-order valence-electron chi connectivity index (χ4n) is 2.24. The average Bonchev–Trinajstić information content (AvgIpc) is 2.68. The summed E-state index contributed by atoms with van der Waals surface area (Å²) in [6.07, 6.45) is 0. The van der Waals surface area contributed by atoms with Crippen LogP contribution < -0.4 is 22.3 Å². The van der Waals surface area contributed by atoms with Gasteiger partial charge in [-0.3, -0.25) is 28.3 Å². The smallest absolute Gasteiger partial charge is 0.332 e. The van der Waals surface area contributed by atoms with Gasteiger partial charge in [-0.15, -0.1) is 0 Å². The molecule has 0 radical (unpaired) electrons. The van der Waals surface area contributed by atoms with Crippen LogP contribution in [0.15, 0.2) is 39.9 Å². The largest absolute Gasteiger partial charge is 0.456 e. The highest BCUT2D eigenvalue weighted by Gasteiger charge is 2.21. The number of carbonyl (C=O) groups is 3. The van der Waals surface area contributed by atoms with Crippen LogP contribution in [-0.4, -0.2) is 39.9 Å². The summed E-state index contributed by atoms with van der Waals surface area (Å²) in [6, 6.07) is 8.23. The number of Topliss-reactive ketones (excluding diaryl/α,β-unsaturated/α-hetero) is 1. The van der Waals surface area contributed by atoms with E-state index in [9.17, 15) is 24.0 Å². The van der Waals surface area contributed by atoms with Gasteiger partial charge in [0.1, 0.15) is 17.9 Å². The molecule has 0 saturated carbocycles. The number of ketones is 1. The third-order valence-corrected chi connectivity index (χ3v) is 3.78. The van der Waals surface area contributed by atoms with E-state index in [0.717, 1.165) is 9.13 Å². The number of esters is 1. The van der Waals surface area contributed by atoms with Gasteiger partial charge in [-0.25, -0.2) is 4.79 Å². The normalized spacial score (nSPS) is 10.3. The van der Waals surface area contributed by atoms with E-state index in [0.29, 0.717) is 5.56 Å². The highest BCUT2D eigenvalue weighted by Crippen LogP contribution is 2.04.